The topological polar surface area (TPSA) is 0 Å². The van der Waals surface area contributed by atoms with Crippen molar-refractivity contribution >= 4 is 66.4 Å². The molecule has 0 aliphatic rings. The molecule has 0 amide bonds. The molecule has 0 heteroatoms. The van der Waals surface area contributed by atoms with Crippen LogP contribution in [0.15, 0.2) is 218 Å². The van der Waals surface area contributed by atoms with Crippen LogP contribution in [0.2, 0.25) is 0 Å². The Balaban J connectivity index is 1.15. The number of benzene rings is 10. The highest BCUT2D eigenvalue weighted by Crippen LogP contribution is 2.40. The molecule has 0 heterocycles. The zero-order valence-corrected chi connectivity index (χ0v) is 30.9. The van der Waals surface area contributed by atoms with Crippen molar-refractivity contribution < 1.29 is 0 Å². The Hall–Kier alpha value is -7.28. The molecule has 10 rings (SSSR count). The van der Waals surface area contributed by atoms with Gasteiger partial charge in [-0.3, -0.25) is 0 Å². The maximum absolute atomic E-state index is 2.38. The summed E-state index contributed by atoms with van der Waals surface area (Å²) < 4.78 is 0. The highest BCUT2D eigenvalue weighted by molar-refractivity contribution is 6.13. The first-order valence-electron chi connectivity index (χ1n) is 19.3. The highest BCUT2D eigenvalue weighted by atomic mass is 14.2. The van der Waals surface area contributed by atoms with Crippen LogP contribution in [0, 0.1) is 0 Å². The average Bonchev–Trinajstić information content (AvgIpc) is 3.28. The SMILES string of the molecule is C(=C(/c1ccccc1)c1cccc2ccccc12)/c1ccc(-c2ccc(/C=C(\c3ccccc3)c3cccc4ccccc34)c3ccccc23)c2ccccc12. The number of hydrogen-bond donors (Lipinski definition) is 0. The van der Waals surface area contributed by atoms with Gasteiger partial charge in [0.05, 0.1) is 0 Å². The van der Waals surface area contributed by atoms with Gasteiger partial charge in [-0.05, 0) is 111 Å². The number of hydrogen-bond acceptors (Lipinski definition) is 0. The van der Waals surface area contributed by atoms with E-state index in [1.54, 1.807) is 0 Å². The standard InChI is InChI=1S/C56H38/c1-3-17-41(18-4-1)55(51-31-15-23-39-21-7-9-25-45(39)51)37-43-33-35-53(49-29-13-11-27-47(43)49)54-36-34-44(48-28-12-14-30-50(48)54)38-56(42-19-5-2-6-20-42)52-32-16-24-40-22-8-10-26-46(40)52/h1-38H/b55-37+,56-38+. The fourth-order valence-corrected chi connectivity index (χ4v) is 8.47. The van der Waals surface area contributed by atoms with E-state index in [0.29, 0.717) is 0 Å². The van der Waals surface area contributed by atoms with Gasteiger partial charge in [0.25, 0.3) is 0 Å². The van der Waals surface area contributed by atoms with E-state index in [0.717, 1.165) is 0 Å². The fraction of sp³-hybridized carbons (Fsp3) is 0. The molecule has 0 fully saturated rings. The van der Waals surface area contributed by atoms with E-state index < -0.39 is 0 Å². The molecule has 10 aromatic rings. The second kappa shape index (κ2) is 14.5. The van der Waals surface area contributed by atoms with Gasteiger partial charge in [-0.2, -0.15) is 0 Å². The molecule has 0 aliphatic carbocycles. The summed E-state index contributed by atoms with van der Waals surface area (Å²) in [4.78, 5) is 0. The number of fused-ring (bicyclic) bond motifs is 4. The van der Waals surface area contributed by atoms with Gasteiger partial charge in [0.2, 0.25) is 0 Å². The summed E-state index contributed by atoms with van der Waals surface area (Å²) in [5.41, 5.74) is 12.1. The van der Waals surface area contributed by atoms with Crippen molar-refractivity contribution in [2.24, 2.45) is 0 Å². The minimum atomic E-state index is 1.20. The van der Waals surface area contributed by atoms with Gasteiger partial charge >= 0.3 is 0 Å². The van der Waals surface area contributed by atoms with Crippen LogP contribution < -0.4 is 0 Å². The Bertz CT molecular complexity index is 2890. The summed E-state index contributed by atoms with van der Waals surface area (Å²) in [5, 5.41) is 9.92. The minimum Gasteiger partial charge on any atom is -0.0622 e. The molecule has 0 saturated heterocycles. The van der Waals surface area contributed by atoms with Crippen molar-refractivity contribution in [1.82, 2.24) is 0 Å². The van der Waals surface area contributed by atoms with Crippen LogP contribution in [0.5, 0.6) is 0 Å². The first-order chi connectivity index (χ1) is 27.8. The lowest BCUT2D eigenvalue weighted by molar-refractivity contribution is 1.58. The maximum Gasteiger partial charge on any atom is -0.00987 e. The van der Waals surface area contributed by atoms with E-state index in [2.05, 4.69) is 231 Å². The van der Waals surface area contributed by atoms with Crippen LogP contribution in [-0.2, 0) is 0 Å². The lowest BCUT2D eigenvalue weighted by Crippen LogP contribution is -1.93. The van der Waals surface area contributed by atoms with E-state index in [4.69, 9.17) is 0 Å². The summed E-state index contributed by atoms with van der Waals surface area (Å²) in [6.07, 6.45) is 4.77. The van der Waals surface area contributed by atoms with E-state index in [9.17, 15) is 0 Å². The van der Waals surface area contributed by atoms with Crippen LogP contribution >= 0.6 is 0 Å². The van der Waals surface area contributed by atoms with Crippen molar-refractivity contribution in [2.75, 3.05) is 0 Å². The Kier molecular flexibility index (Phi) is 8.63. The summed E-state index contributed by atoms with van der Waals surface area (Å²) in [5.74, 6) is 0. The second-order valence-corrected chi connectivity index (χ2v) is 14.4. The molecule has 0 spiro atoms. The van der Waals surface area contributed by atoms with Crippen LogP contribution in [0.3, 0.4) is 0 Å². The highest BCUT2D eigenvalue weighted by Gasteiger charge is 2.16. The van der Waals surface area contributed by atoms with Crippen molar-refractivity contribution in [3.05, 3.63) is 252 Å². The zero-order valence-electron chi connectivity index (χ0n) is 30.9. The van der Waals surface area contributed by atoms with Gasteiger partial charge in [-0.25, -0.2) is 0 Å². The van der Waals surface area contributed by atoms with Gasteiger partial charge < -0.3 is 0 Å². The molecule has 0 saturated carbocycles. The molecule has 0 aromatic heterocycles. The zero-order chi connectivity index (χ0) is 37.3. The molecular weight excluding hydrogens is 673 g/mol. The predicted molar refractivity (Wildman–Crippen MR) is 242 cm³/mol. The summed E-state index contributed by atoms with van der Waals surface area (Å²) in [6.45, 7) is 0. The molecule has 0 nitrogen and oxygen atoms in total. The van der Waals surface area contributed by atoms with Gasteiger partial charge in [0.15, 0.2) is 0 Å². The van der Waals surface area contributed by atoms with Crippen molar-refractivity contribution in [1.29, 1.82) is 0 Å². The van der Waals surface area contributed by atoms with Gasteiger partial charge in [0.1, 0.15) is 0 Å². The van der Waals surface area contributed by atoms with Crippen LogP contribution in [0.4, 0.5) is 0 Å². The summed E-state index contributed by atoms with van der Waals surface area (Å²) in [6, 6.07) is 79.2. The third kappa shape index (κ3) is 6.08. The second-order valence-electron chi connectivity index (χ2n) is 14.4. The fourth-order valence-electron chi connectivity index (χ4n) is 8.47. The average molecular weight is 711 g/mol. The van der Waals surface area contributed by atoms with Gasteiger partial charge in [0, 0.05) is 0 Å². The van der Waals surface area contributed by atoms with E-state index in [1.807, 2.05) is 0 Å². The molecule has 0 aliphatic heterocycles. The molecular formula is C56H38. The summed E-state index contributed by atoms with van der Waals surface area (Å²) >= 11 is 0. The molecule has 0 atom stereocenters. The maximum atomic E-state index is 2.38. The van der Waals surface area contributed by atoms with Crippen LogP contribution in [-0.4, -0.2) is 0 Å². The Morgan fingerprint density at radius 3 is 1.02 bits per heavy atom. The first-order valence-corrected chi connectivity index (χ1v) is 19.3. The normalized spacial score (nSPS) is 12.1. The van der Waals surface area contributed by atoms with Crippen LogP contribution in [0.1, 0.15) is 33.4 Å². The van der Waals surface area contributed by atoms with E-state index >= 15 is 0 Å². The van der Waals surface area contributed by atoms with Gasteiger partial charge in [-0.15, -0.1) is 0 Å². The number of rotatable bonds is 7. The quantitative estimate of drug-likeness (QED) is 0.144. The van der Waals surface area contributed by atoms with E-state index in [1.165, 1.54) is 98.7 Å². The minimum absolute atomic E-state index is 1.20. The van der Waals surface area contributed by atoms with Crippen LogP contribution in [0.25, 0.3) is 77.5 Å². The lowest BCUT2D eigenvalue weighted by Gasteiger charge is -2.16. The largest absolute Gasteiger partial charge is 0.0622 e. The molecule has 262 valence electrons. The summed E-state index contributed by atoms with van der Waals surface area (Å²) in [7, 11) is 0. The Morgan fingerprint density at radius 2 is 0.589 bits per heavy atom. The third-order valence-corrected chi connectivity index (χ3v) is 11.1. The lowest BCUT2D eigenvalue weighted by atomic mass is 9.87. The molecule has 10 aromatic carbocycles. The monoisotopic (exact) mass is 710 g/mol. The molecule has 0 bridgehead atoms. The molecule has 56 heavy (non-hydrogen) atoms. The van der Waals surface area contributed by atoms with Crippen molar-refractivity contribution in [2.45, 2.75) is 0 Å². The van der Waals surface area contributed by atoms with E-state index in [-0.39, 0.29) is 0 Å². The smallest absolute Gasteiger partial charge is 0.00987 e. The Labute approximate surface area is 328 Å². The Morgan fingerprint density at radius 1 is 0.250 bits per heavy atom. The molecule has 0 N–H and O–H groups in total. The third-order valence-electron chi connectivity index (χ3n) is 11.1. The first kappa shape index (κ1) is 33.3. The molecule has 0 unspecified atom stereocenters. The predicted octanol–water partition coefficient (Wildman–Crippen LogP) is 15.1. The van der Waals surface area contributed by atoms with Gasteiger partial charge in [-0.1, -0.05) is 218 Å². The van der Waals surface area contributed by atoms with Crippen molar-refractivity contribution in [3.8, 4) is 11.1 Å². The van der Waals surface area contributed by atoms with Crippen molar-refractivity contribution in [3.63, 3.8) is 0 Å². The molecule has 0 radical (unpaired) electrons.